The number of aliphatic hydroxyl groups is 9. The largest absolute Gasteiger partial charge is 0.394 e. The van der Waals surface area contributed by atoms with Crippen LogP contribution in [0.4, 0.5) is 0 Å². The van der Waals surface area contributed by atoms with Crippen molar-refractivity contribution in [3.05, 3.63) is 0 Å². The summed E-state index contributed by atoms with van der Waals surface area (Å²) >= 11 is 0. The van der Waals surface area contributed by atoms with E-state index in [9.17, 15) is 55.5 Å². The zero-order chi connectivity index (χ0) is 29.9. The Hall–Kier alpha value is -1.62. The second-order valence-corrected chi connectivity index (χ2v) is 9.85. The maximum atomic E-state index is 11.7. The number of carbonyl (C=O) groups excluding carboxylic acids is 2. The highest BCUT2D eigenvalue weighted by molar-refractivity contribution is 5.73. The molecule has 18 nitrogen and oxygen atoms in total. The number of aliphatic hydroxyl groups excluding tert-OH is 9. The van der Waals surface area contributed by atoms with Gasteiger partial charge in [-0.25, -0.2) is 0 Å². The van der Waals surface area contributed by atoms with E-state index in [2.05, 4.69) is 10.6 Å². The summed E-state index contributed by atoms with van der Waals surface area (Å²) < 4.78 is 27.3. The van der Waals surface area contributed by atoms with Crippen molar-refractivity contribution in [2.75, 3.05) is 19.8 Å². The van der Waals surface area contributed by atoms with Crippen LogP contribution in [0.1, 0.15) is 13.8 Å². The summed E-state index contributed by atoms with van der Waals surface area (Å²) in [5.74, 6) is -1.25. The second kappa shape index (κ2) is 14.0. The molecule has 3 rings (SSSR count). The zero-order valence-electron chi connectivity index (χ0n) is 21.7. The molecule has 11 N–H and O–H groups in total. The fourth-order valence-corrected chi connectivity index (χ4v) is 4.76. The average molecular weight is 587 g/mol. The third-order valence-corrected chi connectivity index (χ3v) is 6.88. The molecule has 0 aromatic heterocycles. The SMILES string of the molecule is CC(=O)N[C@@H]1[C@@H](OC[C@@H]2O[C@H](O)[C@@H](O)[C@H](O[C@H]3O[C@@H](CO)[C@H](O)[C@@H](O)[C@@H]3NC(C)=O)[C@H]2O)O[C@@H](CO)[C@H](O)[C@H]1O. The van der Waals surface area contributed by atoms with Gasteiger partial charge in [0.1, 0.15) is 73.1 Å². The van der Waals surface area contributed by atoms with Gasteiger partial charge in [-0.2, -0.15) is 0 Å². The van der Waals surface area contributed by atoms with Gasteiger partial charge in [-0.1, -0.05) is 0 Å². The third kappa shape index (κ3) is 7.23. The Balaban J connectivity index is 1.75. The molecule has 0 bridgehead atoms. The summed E-state index contributed by atoms with van der Waals surface area (Å²) in [4.78, 5) is 23.3. The fourth-order valence-electron chi connectivity index (χ4n) is 4.76. The first-order valence-electron chi connectivity index (χ1n) is 12.6. The van der Waals surface area contributed by atoms with Crippen molar-refractivity contribution >= 4 is 11.8 Å². The van der Waals surface area contributed by atoms with E-state index in [0.717, 1.165) is 13.8 Å². The molecule has 40 heavy (non-hydrogen) atoms. The molecule has 3 saturated heterocycles. The maximum absolute atomic E-state index is 11.7. The van der Waals surface area contributed by atoms with Crippen LogP contribution in [0, 0.1) is 0 Å². The first-order chi connectivity index (χ1) is 18.8. The first kappa shape index (κ1) is 32.9. The average Bonchev–Trinajstić information content (AvgIpc) is 2.90. The third-order valence-electron chi connectivity index (χ3n) is 6.88. The van der Waals surface area contributed by atoms with Crippen molar-refractivity contribution in [2.24, 2.45) is 0 Å². The van der Waals surface area contributed by atoms with Crippen LogP contribution in [-0.2, 0) is 33.3 Å². The molecular formula is C22H38N2O16. The number of rotatable bonds is 9. The van der Waals surface area contributed by atoms with Crippen molar-refractivity contribution in [3.63, 3.8) is 0 Å². The highest BCUT2D eigenvalue weighted by atomic mass is 16.7. The topological polar surface area (TPSA) is 286 Å². The lowest BCUT2D eigenvalue weighted by Gasteiger charge is -2.47. The van der Waals surface area contributed by atoms with Gasteiger partial charge in [0.2, 0.25) is 11.8 Å². The van der Waals surface area contributed by atoms with Crippen LogP contribution in [0.25, 0.3) is 0 Å². The van der Waals surface area contributed by atoms with Crippen molar-refractivity contribution in [2.45, 2.75) is 106 Å². The van der Waals surface area contributed by atoms with Gasteiger partial charge in [0.05, 0.1) is 19.8 Å². The molecule has 0 aromatic carbocycles. The van der Waals surface area contributed by atoms with E-state index in [1.165, 1.54) is 0 Å². The maximum Gasteiger partial charge on any atom is 0.217 e. The number of amides is 2. The number of carbonyl (C=O) groups is 2. The van der Waals surface area contributed by atoms with Crippen molar-refractivity contribution < 1.29 is 79.2 Å². The normalized spacial score (nSPS) is 46.0. The molecule has 232 valence electrons. The molecule has 3 heterocycles. The van der Waals surface area contributed by atoms with Crippen LogP contribution in [0.2, 0.25) is 0 Å². The molecule has 3 fully saturated rings. The lowest BCUT2D eigenvalue weighted by Crippen LogP contribution is -2.68. The fraction of sp³-hybridized carbons (Fsp3) is 0.909. The molecule has 0 saturated carbocycles. The van der Waals surface area contributed by atoms with Gasteiger partial charge in [0.25, 0.3) is 0 Å². The summed E-state index contributed by atoms with van der Waals surface area (Å²) in [5.41, 5.74) is 0. The van der Waals surface area contributed by atoms with Gasteiger partial charge in [-0.3, -0.25) is 9.59 Å². The van der Waals surface area contributed by atoms with Crippen LogP contribution in [0.15, 0.2) is 0 Å². The van der Waals surface area contributed by atoms with E-state index in [0.29, 0.717) is 0 Å². The minimum atomic E-state index is -1.95. The lowest BCUT2D eigenvalue weighted by molar-refractivity contribution is -0.348. The molecule has 2 amide bonds. The minimum absolute atomic E-state index is 0.603. The number of ether oxygens (including phenoxy) is 5. The molecule has 0 aliphatic carbocycles. The van der Waals surface area contributed by atoms with Gasteiger partial charge >= 0.3 is 0 Å². The van der Waals surface area contributed by atoms with Crippen LogP contribution in [-0.4, -0.2) is 170 Å². The van der Waals surface area contributed by atoms with E-state index in [-0.39, 0.29) is 0 Å². The molecule has 0 aromatic rings. The molecular weight excluding hydrogens is 548 g/mol. The number of hydrogen-bond donors (Lipinski definition) is 11. The van der Waals surface area contributed by atoms with Crippen LogP contribution in [0.5, 0.6) is 0 Å². The summed E-state index contributed by atoms with van der Waals surface area (Å²) in [6.45, 7) is 0.187. The Morgan fingerprint density at radius 3 is 1.60 bits per heavy atom. The molecule has 3 aliphatic heterocycles. The monoisotopic (exact) mass is 586 g/mol. The van der Waals surface area contributed by atoms with Crippen molar-refractivity contribution in [1.82, 2.24) is 10.6 Å². The smallest absolute Gasteiger partial charge is 0.217 e. The summed E-state index contributed by atoms with van der Waals surface area (Å²) in [6, 6.07) is -2.72. The Kier molecular flexibility index (Phi) is 11.5. The van der Waals surface area contributed by atoms with Crippen LogP contribution < -0.4 is 10.6 Å². The Morgan fingerprint density at radius 2 is 1.12 bits per heavy atom. The first-order valence-corrected chi connectivity index (χ1v) is 12.6. The van der Waals surface area contributed by atoms with Gasteiger partial charge < -0.3 is 80.3 Å². The van der Waals surface area contributed by atoms with E-state index in [4.69, 9.17) is 23.7 Å². The van der Waals surface area contributed by atoms with E-state index in [1.807, 2.05) is 0 Å². The zero-order valence-corrected chi connectivity index (χ0v) is 21.7. The van der Waals surface area contributed by atoms with Crippen LogP contribution in [0.3, 0.4) is 0 Å². The predicted octanol–water partition coefficient (Wildman–Crippen LogP) is -7.29. The van der Waals surface area contributed by atoms with Crippen molar-refractivity contribution in [3.8, 4) is 0 Å². The highest BCUT2D eigenvalue weighted by Gasteiger charge is 2.52. The van der Waals surface area contributed by atoms with Crippen molar-refractivity contribution in [1.29, 1.82) is 0 Å². The second-order valence-electron chi connectivity index (χ2n) is 9.85. The Labute approximate surface area is 228 Å². The quantitative estimate of drug-likeness (QED) is 0.120. The highest BCUT2D eigenvalue weighted by Crippen LogP contribution is 2.30. The minimum Gasteiger partial charge on any atom is -0.394 e. The summed E-state index contributed by atoms with van der Waals surface area (Å²) in [5, 5.41) is 96.5. The molecule has 0 spiro atoms. The van der Waals surface area contributed by atoms with Gasteiger partial charge in [0.15, 0.2) is 18.9 Å². The van der Waals surface area contributed by atoms with E-state index >= 15 is 0 Å². The molecule has 3 aliphatic rings. The lowest BCUT2D eigenvalue weighted by atomic mass is 9.95. The number of hydrogen-bond acceptors (Lipinski definition) is 16. The van der Waals surface area contributed by atoms with Gasteiger partial charge in [-0.05, 0) is 0 Å². The summed E-state index contributed by atoms with van der Waals surface area (Å²) in [6.07, 6.45) is -21.0. The standard InChI is InChI=1S/C22H38N2O16/c1-6(27)23-11-16(32)13(29)8(3-25)38-21(11)36-5-10-15(31)19(18(34)20(35)37-10)40-22-12(24-7(2)28)17(33)14(30)9(4-26)39-22/h8-22,25-26,29-35H,3-5H2,1-2H3,(H,23,27)(H,24,28)/t8-,9-,10-,11-,12-,13-,14-,15-,16-,17-,18-,19+,20-,21-,22+/m0/s1. The molecule has 18 heteroatoms. The molecule has 0 unspecified atom stereocenters. The predicted molar refractivity (Wildman–Crippen MR) is 124 cm³/mol. The van der Waals surface area contributed by atoms with E-state index in [1.54, 1.807) is 0 Å². The van der Waals surface area contributed by atoms with Crippen LogP contribution >= 0.6 is 0 Å². The Bertz CT molecular complexity index is 854. The van der Waals surface area contributed by atoms with E-state index < -0.39 is 124 Å². The number of nitrogens with one attached hydrogen (secondary N) is 2. The van der Waals surface area contributed by atoms with Gasteiger partial charge in [-0.15, -0.1) is 0 Å². The van der Waals surface area contributed by atoms with Gasteiger partial charge in [0, 0.05) is 13.8 Å². The molecule has 15 atom stereocenters. The summed E-state index contributed by atoms with van der Waals surface area (Å²) in [7, 11) is 0. The Morgan fingerprint density at radius 1 is 0.650 bits per heavy atom. The molecule has 0 radical (unpaired) electrons.